The van der Waals surface area contributed by atoms with Gasteiger partial charge in [0, 0.05) is 33.0 Å². The van der Waals surface area contributed by atoms with Gasteiger partial charge in [-0.25, -0.2) is 0 Å². The molecular weight excluding hydrogens is 846 g/mol. The van der Waals surface area contributed by atoms with Gasteiger partial charge in [-0.05, 0) is 108 Å². The molecule has 13 heteroatoms. The highest BCUT2D eigenvalue weighted by atomic mass is 16.7. The van der Waals surface area contributed by atoms with E-state index >= 15 is 0 Å². The second-order valence-electron chi connectivity index (χ2n) is 16.7. The Morgan fingerprint density at radius 1 is 0.809 bits per heavy atom. The highest BCUT2D eigenvalue weighted by Crippen LogP contribution is 2.36. The van der Waals surface area contributed by atoms with E-state index in [1.807, 2.05) is 124 Å². The summed E-state index contributed by atoms with van der Waals surface area (Å²) in [6, 6.07) is 36.0. The normalized spacial score (nSPS) is 17.1. The molecule has 0 aliphatic carbocycles. The molecule has 4 aromatic carbocycles. The second-order valence-corrected chi connectivity index (χ2v) is 16.7. The van der Waals surface area contributed by atoms with Crippen molar-refractivity contribution in [3.63, 3.8) is 0 Å². The van der Waals surface area contributed by atoms with Crippen molar-refractivity contribution in [1.82, 2.24) is 5.32 Å². The molecule has 0 saturated carbocycles. The molecule has 0 spiro atoms. The van der Waals surface area contributed by atoms with E-state index in [0.29, 0.717) is 12.8 Å². The lowest BCUT2D eigenvalue weighted by Crippen LogP contribution is -2.46. The van der Waals surface area contributed by atoms with Crippen LogP contribution in [-0.2, 0) is 35.2 Å². The van der Waals surface area contributed by atoms with Gasteiger partial charge in [0.2, 0.25) is 0 Å². The number of aliphatic hydroxyl groups excluding tert-OH is 1. The van der Waals surface area contributed by atoms with E-state index < -0.39 is 11.7 Å². The third-order valence-electron chi connectivity index (χ3n) is 11.6. The van der Waals surface area contributed by atoms with Crippen LogP contribution in [-0.4, -0.2) is 78.7 Å². The van der Waals surface area contributed by atoms with E-state index in [4.69, 9.17) is 27.9 Å². The Balaban J connectivity index is 0.000000514. The lowest BCUT2D eigenvalue weighted by atomic mass is 9.74. The zero-order valence-electron chi connectivity index (χ0n) is 40.5. The first-order valence-electron chi connectivity index (χ1n) is 23.8. The smallest absolute Gasteiger partial charge is 0.426 e. The van der Waals surface area contributed by atoms with Crippen LogP contribution in [0.5, 0.6) is 5.75 Å². The number of nitrogens with one attached hydrogen (secondary N) is 1. The van der Waals surface area contributed by atoms with Crippen LogP contribution in [0.2, 0.25) is 20.5 Å². The lowest BCUT2D eigenvalue weighted by molar-refractivity contribution is -0.190. The zero-order valence-corrected chi connectivity index (χ0v) is 40.5. The summed E-state index contributed by atoms with van der Waals surface area (Å²) < 4.78 is 32.8. The number of benzene rings is 4. The van der Waals surface area contributed by atoms with Gasteiger partial charge in [-0.2, -0.15) is 0 Å². The van der Waals surface area contributed by atoms with Crippen molar-refractivity contribution in [3.05, 3.63) is 150 Å². The highest BCUT2D eigenvalue weighted by molar-refractivity contribution is 6.72. The Labute approximate surface area is 415 Å². The van der Waals surface area contributed by atoms with E-state index in [9.17, 15) is 10.2 Å². The van der Waals surface area contributed by atoms with Gasteiger partial charge in [0.1, 0.15) is 17.5 Å². The van der Waals surface area contributed by atoms with Crippen LogP contribution in [0.3, 0.4) is 0 Å². The van der Waals surface area contributed by atoms with Gasteiger partial charge in [0.15, 0.2) is 6.29 Å². The molecule has 0 aromatic heterocycles. The Morgan fingerprint density at radius 3 is 1.87 bits per heavy atom. The molecule has 68 heavy (non-hydrogen) atoms. The number of ether oxygens (including phenoxy) is 3. The summed E-state index contributed by atoms with van der Waals surface area (Å²) >= 11 is 0. The van der Waals surface area contributed by atoms with Crippen LogP contribution >= 0.6 is 0 Å². The molecule has 3 heterocycles. The number of aliphatic hydroxyl groups is 2. The van der Waals surface area contributed by atoms with Crippen molar-refractivity contribution in [2.24, 2.45) is 0 Å². The summed E-state index contributed by atoms with van der Waals surface area (Å²) in [7, 11) is 1.23. The lowest BCUT2D eigenvalue weighted by Gasteiger charge is -2.35. The maximum Gasteiger partial charge on any atom is 0.426 e. The van der Waals surface area contributed by atoms with Crippen molar-refractivity contribution < 1.29 is 38.1 Å². The SMILES string of the molecule is C.C.C=CCc1c(OC)cccc1[C@@H](O)C#CCC[C@H](CCCCC)OC1CCCCO1.CB1OB(C)OB(C)O1.Cc1ccccc1.OC(c1ccccc1)(c1ccccc1)[C@H]1CCCN1.[B]. The van der Waals surface area contributed by atoms with Crippen LogP contribution in [0.4, 0.5) is 0 Å². The minimum Gasteiger partial charge on any atom is -0.496 e. The number of hydrogen-bond acceptors (Lipinski definition) is 9. The van der Waals surface area contributed by atoms with Crippen molar-refractivity contribution >= 4 is 29.8 Å². The first kappa shape index (κ1) is 61.9. The van der Waals surface area contributed by atoms with E-state index in [1.54, 1.807) is 7.11 Å². The Kier molecular flexibility index (Phi) is 32.0. The Morgan fingerprint density at radius 2 is 1.40 bits per heavy atom. The van der Waals surface area contributed by atoms with E-state index in [0.717, 1.165) is 79.7 Å². The predicted octanol–water partition coefficient (Wildman–Crippen LogP) is 11.7. The molecule has 3 aliphatic rings. The number of methoxy groups -OCH3 is 1. The molecule has 3 saturated heterocycles. The largest absolute Gasteiger partial charge is 0.496 e. The van der Waals surface area contributed by atoms with Crippen LogP contribution in [0.15, 0.2) is 122 Å². The molecule has 3 N–H and O–H groups in total. The third-order valence-corrected chi connectivity index (χ3v) is 11.6. The van der Waals surface area contributed by atoms with Gasteiger partial charge < -0.3 is 43.5 Å². The first-order valence-corrected chi connectivity index (χ1v) is 23.8. The van der Waals surface area contributed by atoms with Crippen LogP contribution in [0.1, 0.15) is 126 Å². The van der Waals surface area contributed by atoms with Gasteiger partial charge in [-0.1, -0.05) is 162 Å². The van der Waals surface area contributed by atoms with Crippen LogP contribution in [0, 0.1) is 18.8 Å². The van der Waals surface area contributed by atoms with Crippen LogP contribution < -0.4 is 10.1 Å². The number of hydrogen-bond donors (Lipinski definition) is 3. The quantitative estimate of drug-likeness (QED) is 0.0465. The molecule has 4 aromatic rings. The molecule has 3 radical (unpaired) electrons. The summed E-state index contributed by atoms with van der Waals surface area (Å²) in [5.41, 5.74) is 4.02. The van der Waals surface area contributed by atoms with Crippen molar-refractivity contribution in [1.29, 1.82) is 0 Å². The summed E-state index contributed by atoms with van der Waals surface area (Å²) in [6.45, 7) is 15.5. The van der Waals surface area contributed by atoms with Gasteiger partial charge in [-0.3, -0.25) is 0 Å². The summed E-state index contributed by atoms with van der Waals surface area (Å²) in [4.78, 5) is 0. The molecule has 0 bridgehead atoms. The molecule has 3 fully saturated rings. The molecule has 3 aliphatic heterocycles. The van der Waals surface area contributed by atoms with Crippen LogP contribution in [0.25, 0.3) is 0 Å². The minimum absolute atomic E-state index is 0. The molecule has 367 valence electrons. The standard InChI is InChI=1S/C26H38O4.C17H19NO.C7H8.C3H9B3O3.2CH4.B/c1-4-6-7-14-21(30-26-19-10-11-20-29-26)15-8-9-17-24(27)22-16-12-18-25(28-3)23(22)13-5-2;19-17(16-12-7-13-18-16,14-8-3-1-4-9-14)15-10-5-2-6-11-15;1-7-5-3-2-4-6-7;1-4-7-5(2)9-6(3)8-4;;;/h5,12,16,18,21,24,26-27H,2,4,6-8,10-11,13-15,19-20H2,1,3H3;1-6,8-11,16,18-19H,7,12-13H2;2-6H,1H3;1-3H3;2*1H4;/t21-,24-,26?;16-;;;;;/m01...../s1. The first-order chi connectivity index (χ1) is 31.6. The maximum absolute atomic E-state index is 11.4. The molecular formula is C55H82B4NO8. The third kappa shape index (κ3) is 21.3. The van der Waals surface area contributed by atoms with E-state index in [2.05, 4.69) is 49.7 Å². The fourth-order valence-electron chi connectivity index (χ4n) is 8.24. The Bertz CT molecular complexity index is 1880. The minimum atomic E-state index is -0.945. The average Bonchev–Trinajstić information content (AvgIpc) is 3.88. The summed E-state index contributed by atoms with van der Waals surface area (Å²) in [5.74, 6) is 6.92. The topological polar surface area (TPSA) is 108 Å². The molecule has 0 amide bonds. The molecule has 7 rings (SSSR count). The van der Waals surface area contributed by atoms with Crippen molar-refractivity contribution in [3.8, 4) is 17.6 Å². The van der Waals surface area contributed by atoms with Crippen molar-refractivity contribution in [2.45, 2.75) is 156 Å². The number of aryl methyl sites for hydroxylation is 1. The number of rotatable bonds is 15. The van der Waals surface area contributed by atoms with Gasteiger partial charge >= 0.3 is 21.4 Å². The number of unbranched alkanes of at least 4 members (excludes halogenated alkanes) is 2. The summed E-state index contributed by atoms with van der Waals surface area (Å²) in [5, 5.41) is 25.5. The van der Waals surface area contributed by atoms with Gasteiger partial charge in [-0.15, -0.1) is 12.5 Å². The monoisotopic (exact) mass is 929 g/mol. The fraction of sp³-hybridized carbons (Fsp3) is 0.491. The highest BCUT2D eigenvalue weighted by Gasteiger charge is 2.41. The van der Waals surface area contributed by atoms with Gasteiger partial charge in [0.25, 0.3) is 0 Å². The number of allylic oxidation sites excluding steroid dienone is 1. The summed E-state index contributed by atoms with van der Waals surface area (Å²) in [6.07, 6.45) is 13.3. The van der Waals surface area contributed by atoms with E-state index in [-0.39, 0.29) is 63.1 Å². The van der Waals surface area contributed by atoms with Crippen molar-refractivity contribution in [2.75, 3.05) is 20.3 Å². The Hall–Kier alpha value is -4.08. The molecule has 4 atom stereocenters. The van der Waals surface area contributed by atoms with Gasteiger partial charge in [0.05, 0.1) is 13.2 Å². The zero-order chi connectivity index (χ0) is 46.7. The maximum atomic E-state index is 11.4. The second kappa shape index (κ2) is 35.1. The average molecular weight is 929 g/mol. The van der Waals surface area contributed by atoms with E-state index in [1.165, 1.54) is 31.2 Å². The molecule has 1 unspecified atom stereocenters. The molecule has 9 nitrogen and oxygen atoms in total. The predicted molar refractivity (Wildman–Crippen MR) is 287 cm³/mol. The fourth-order valence-corrected chi connectivity index (χ4v) is 8.24.